The SMILES string of the molecule is C=C(C)c1ccc(-c2cc(C(C)(C)CO)ccc2OC)c(CN2C(=O)O[C@H](c3cc(C(F)(F)F)cc(C(F)(F)F)c3)[C@@H]2C)n1. The van der Waals surface area contributed by atoms with Crippen molar-refractivity contribution < 1.29 is 45.7 Å². The van der Waals surface area contributed by atoms with Gasteiger partial charge in [-0.2, -0.15) is 26.3 Å². The lowest BCUT2D eigenvalue weighted by Gasteiger charge is -2.25. The van der Waals surface area contributed by atoms with Gasteiger partial charge in [-0.3, -0.25) is 9.88 Å². The Morgan fingerprint density at radius 2 is 1.59 bits per heavy atom. The molecule has 3 aromatic rings. The van der Waals surface area contributed by atoms with E-state index in [0.29, 0.717) is 46.0 Å². The summed E-state index contributed by atoms with van der Waals surface area (Å²) >= 11 is 0. The average Bonchev–Trinajstić information content (AvgIpc) is 3.24. The van der Waals surface area contributed by atoms with Crippen molar-refractivity contribution in [2.24, 2.45) is 0 Å². The topological polar surface area (TPSA) is 71.9 Å². The first-order valence-corrected chi connectivity index (χ1v) is 13.6. The first-order valence-electron chi connectivity index (χ1n) is 13.6. The number of nitrogens with zero attached hydrogens (tertiary/aromatic N) is 2. The van der Waals surface area contributed by atoms with Crippen LogP contribution in [-0.2, 0) is 29.0 Å². The van der Waals surface area contributed by atoms with Crippen LogP contribution in [0.4, 0.5) is 31.1 Å². The number of halogens is 6. The van der Waals surface area contributed by atoms with Crippen LogP contribution in [0.5, 0.6) is 5.75 Å². The quantitative estimate of drug-likeness (QED) is 0.257. The van der Waals surface area contributed by atoms with Gasteiger partial charge in [-0.15, -0.1) is 0 Å². The van der Waals surface area contributed by atoms with Gasteiger partial charge in [0.25, 0.3) is 0 Å². The molecule has 2 heterocycles. The number of pyridine rings is 1. The number of aliphatic hydroxyl groups excluding tert-OH is 1. The number of hydrogen-bond acceptors (Lipinski definition) is 5. The zero-order valence-electron chi connectivity index (χ0n) is 24.7. The molecule has 1 N–H and O–H groups in total. The van der Waals surface area contributed by atoms with Gasteiger partial charge in [0.1, 0.15) is 11.9 Å². The minimum atomic E-state index is -5.05. The number of aromatic nitrogens is 1. The molecular weight excluding hydrogens is 590 g/mol. The number of alkyl halides is 6. The summed E-state index contributed by atoms with van der Waals surface area (Å²) in [5.74, 6) is 0.479. The molecule has 1 amide bonds. The van der Waals surface area contributed by atoms with E-state index in [1.165, 1.54) is 18.9 Å². The number of cyclic esters (lactones) is 1. The highest BCUT2D eigenvalue weighted by Gasteiger charge is 2.43. The molecule has 1 saturated heterocycles. The minimum Gasteiger partial charge on any atom is -0.496 e. The molecule has 1 fully saturated rings. The molecule has 6 nitrogen and oxygen atoms in total. The van der Waals surface area contributed by atoms with Crippen LogP contribution in [-0.4, -0.2) is 40.8 Å². The van der Waals surface area contributed by atoms with Crippen LogP contribution < -0.4 is 4.74 Å². The van der Waals surface area contributed by atoms with Crippen molar-refractivity contribution in [3.05, 3.63) is 88.8 Å². The number of rotatable bonds is 8. The van der Waals surface area contributed by atoms with E-state index in [4.69, 9.17) is 14.5 Å². The van der Waals surface area contributed by atoms with Gasteiger partial charge in [-0.1, -0.05) is 32.6 Å². The van der Waals surface area contributed by atoms with Crippen LogP contribution in [0.2, 0.25) is 0 Å². The number of amides is 1. The van der Waals surface area contributed by atoms with Crippen molar-refractivity contribution in [1.29, 1.82) is 0 Å². The van der Waals surface area contributed by atoms with E-state index in [1.54, 1.807) is 25.1 Å². The Morgan fingerprint density at radius 3 is 2.11 bits per heavy atom. The van der Waals surface area contributed by atoms with Crippen LogP contribution in [0.15, 0.2) is 55.1 Å². The van der Waals surface area contributed by atoms with Crippen molar-refractivity contribution >= 4 is 11.7 Å². The predicted octanol–water partition coefficient (Wildman–Crippen LogP) is 8.18. The summed E-state index contributed by atoms with van der Waals surface area (Å²) in [5.41, 5.74) is -0.571. The maximum atomic E-state index is 13.5. The highest BCUT2D eigenvalue weighted by Crippen LogP contribution is 2.42. The predicted molar refractivity (Wildman–Crippen MR) is 152 cm³/mol. The van der Waals surface area contributed by atoms with Crippen LogP contribution in [0.3, 0.4) is 0 Å². The highest BCUT2D eigenvalue weighted by molar-refractivity contribution is 5.76. The van der Waals surface area contributed by atoms with Crippen LogP contribution in [0, 0.1) is 0 Å². The van der Waals surface area contributed by atoms with E-state index in [9.17, 15) is 36.2 Å². The Balaban J connectivity index is 1.80. The Morgan fingerprint density at radius 1 is 0.977 bits per heavy atom. The third-order valence-corrected chi connectivity index (χ3v) is 7.73. The van der Waals surface area contributed by atoms with Crippen molar-refractivity contribution in [2.45, 2.75) is 64.2 Å². The molecule has 0 unspecified atom stereocenters. The number of hydrogen-bond donors (Lipinski definition) is 1. The van der Waals surface area contributed by atoms with Crippen molar-refractivity contribution in [3.63, 3.8) is 0 Å². The highest BCUT2D eigenvalue weighted by atomic mass is 19.4. The molecule has 44 heavy (non-hydrogen) atoms. The molecule has 1 aromatic heterocycles. The second-order valence-electron chi connectivity index (χ2n) is 11.4. The normalized spacial score (nSPS) is 17.5. The van der Waals surface area contributed by atoms with Gasteiger partial charge in [0, 0.05) is 16.5 Å². The number of carbonyl (C=O) groups is 1. The van der Waals surface area contributed by atoms with E-state index in [2.05, 4.69) is 6.58 Å². The fourth-order valence-corrected chi connectivity index (χ4v) is 5.00. The Bertz CT molecular complexity index is 1550. The third-order valence-electron chi connectivity index (χ3n) is 7.73. The van der Waals surface area contributed by atoms with Crippen molar-refractivity contribution in [1.82, 2.24) is 9.88 Å². The van der Waals surface area contributed by atoms with E-state index in [-0.39, 0.29) is 19.2 Å². The zero-order chi connectivity index (χ0) is 32.8. The largest absolute Gasteiger partial charge is 0.496 e. The van der Waals surface area contributed by atoms with Crippen LogP contribution in [0.25, 0.3) is 16.7 Å². The minimum absolute atomic E-state index is 0.0294. The van der Waals surface area contributed by atoms with Gasteiger partial charge < -0.3 is 14.6 Å². The van der Waals surface area contributed by atoms with Crippen LogP contribution in [0.1, 0.15) is 67.4 Å². The lowest BCUT2D eigenvalue weighted by molar-refractivity contribution is -0.143. The van der Waals surface area contributed by atoms with E-state index >= 15 is 0 Å². The van der Waals surface area contributed by atoms with Gasteiger partial charge in [0.05, 0.1) is 48.8 Å². The number of ether oxygens (including phenoxy) is 2. The molecule has 4 rings (SSSR count). The molecule has 2 aromatic carbocycles. The molecular formula is C32H32F6N2O4. The monoisotopic (exact) mass is 622 g/mol. The van der Waals surface area contributed by atoms with Gasteiger partial charge in [-0.05, 0) is 66.9 Å². The van der Waals surface area contributed by atoms with E-state index in [0.717, 1.165) is 5.56 Å². The summed E-state index contributed by atoms with van der Waals surface area (Å²) in [4.78, 5) is 19.0. The fraction of sp³-hybridized carbons (Fsp3) is 0.375. The lowest BCUT2D eigenvalue weighted by atomic mass is 9.83. The average molecular weight is 623 g/mol. The number of allylic oxidation sites excluding steroid dienone is 1. The summed E-state index contributed by atoms with van der Waals surface area (Å²) in [7, 11) is 1.49. The van der Waals surface area contributed by atoms with Gasteiger partial charge in [-0.25, -0.2) is 4.79 Å². The smallest absolute Gasteiger partial charge is 0.416 e. The van der Waals surface area contributed by atoms with E-state index < -0.39 is 52.7 Å². The fourth-order valence-electron chi connectivity index (χ4n) is 5.00. The third kappa shape index (κ3) is 6.54. The molecule has 0 saturated carbocycles. The van der Waals surface area contributed by atoms with Crippen molar-refractivity contribution in [2.75, 3.05) is 13.7 Å². The molecule has 0 radical (unpaired) electrons. The maximum Gasteiger partial charge on any atom is 0.416 e. The standard InChI is InChI=1S/C32H32F6N2O4/c1-17(2)25-9-8-23(24-14-20(30(4,5)16-41)7-10-27(24)43-6)26(39-25)15-40-18(3)28(44-29(40)42)19-11-21(31(33,34)35)13-22(12-19)32(36,37)38/h7-14,18,28,41H,1,15-16H2,2-6H3/t18-,28-/m0/s1. The molecule has 1 aliphatic rings. The van der Waals surface area contributed by atoms with Crippen molar-refractivity contribution in [3.8, 4) is 16.9 Å². The molecule has 0 aliphatic carbocycles. The number of methoxy groups -OCH3 is 1. The Kier molecular flexibility index (Phi) is 8.80. The maximum absolute atomic E-state index is 13.5. The first-order chi connectivity index (χ1) is 20.4. The number of aliphatic hydroxyl groups is 1. The molecule has 1 aliphatic heterocycles. The zero-order valence-corrected chi connectivity index (χ0v) is 24.7. The molecule has 0 bridgehead atoms. The summed E-state index contributed by atoms with van der Waals surface area (Å²) in [6, 6.07) is 9.11. The lowest BCUT2D eigenvalue weighted by Crippen LogP contribution is -2.32. The summed E-state index contributed by atoms with van der Waals surface area (Å²) in [5, 5.41) is 9.94. The van der Waals surface area contributed by atoms with Crippen LogP contribution >= 0.6 is 0 Å². The number of carbonyl (C=O) groups excluding carboxylic acids is 1. The second kappa shape index (κ2) is 11.8. The summed E-state index contributed by atoms with van der Waals surface area (Å²) < 4.78 is 92.2. The summed E-state index contributed by atoms with van der Waals surface area (Å²) in [6.07, 6.45) is -12.4. The summed E-state index contributed by atoms with van der Waals surface area (Å²) in [6.45, 7) is 10.6. The Hall–Kier alpha value is -4.06. The molecule has 2 atom stereocenters. The van der Waals surface area contributed by atoms with Gasteiger partial charge in [0.2, 0.25) is 0 Å². The van der Waals surface area contributed by atoms with E-state index in [1.807, 2.05) is 26.0 Å². The number of benzene rings is 2. The Labute approximate surface area is 250 Å². The molecule has 0 spiro atoms. The van der Waals surface area contributed by atoms with Gasteiger partial charge >= 0.3 is 18.4 Å². The first kappa shape index (κ1) is 32.8. The second-order valence-corrected chi connectivity index (χ2v) is 11.4. The molecule has 12 heteroatoms. The molecule has 236 valence electrons. The van der Waals surface area contributed by atoms with Gasteiger partial charge in [0.15, 0.2) is 0 Å².